The zero-order chi connectivity index (χ0) is 15.5. The molecule has 6 heteroatoms. The second-order valence-electron chi connectivity index (χ2n) is 5.86. The standard InChI is InChI=1S/C16H19N3O3/c1-11-10-22-18-15(11)9-17-14(12-6-7-12)8-13-4-2-3-5-16(13)19(20)21/h2-5,10,12,14,17H,6-9H2,1H3. The minimum atomic E-state index is -0.304. The summed E-state index contributed by atoms with van der Waals surface area (Å²) in [7, 11) is 0. The van der Waals surface area contributed by atoms with E-state index in [0.717, 1.165) is 16.8 Å². The van der Waals surface area contributed by atoms with Crippen molar-refractivity contribution in [3.63, 3.8) is 0 Å². The smallest absolute Gasteiger partial charge is 0.272 e. The number of nitrogens with zero attached hydrogens (tertiary/aromatic N) is 2. The molecule has 1 aromatic heterocycles. The Hall–Kier alpha value is -2.21. The van der Waals surface area contributed by atoms with Gasteiger partial charge in [-0.15, -0.1) is 0 Å². The largest absolute Gasteiger partial charge is 0.364 e. The second kappa shape index (κ2) is 6.27. The number of hydrogen-bond donors (Lipinski definition) is 1. The third-order valence-corrected chi connectivity index (χ3v) is 4.20. The third kappa shape index (κ3) is 3.33. The Morgan fingerprint density at radius 3 is 2.86 bits per heavy atom. The lowest BCUT2D eigenvalue weighted by molar-refractivity contribution is -0.385. The van der Waals surface area contributed by atoms with Crippen molar-refractivity contribution in [3.8, 4) is 0 Å². The molecule has 0 aliphatic heterocycles. The van der Waals surface area contributed by atoms with Crippen molar-refractivity contribution in [1.82, 2.24) is 10.5 Å². The SMILES string of the molecule is Cc1conc1CNC(Cc1ccccc1[N+](=O)[O-])C1CC1. The zero-order valence-electron chi connectivity index (χ0n) is 12.5. The fraction of sp³-hybridized carbons (Fsp3) is 0.438. The van der Waals surface area contributed by atoms with E-state index in [-0.39, 0.29) is 16.7 Å². The molecule has 0 amide bonds. The van der Waals surface area contributed by atoms with Crippen molar-refractivity contribution >= 4 is 5.69 Å². The van der Waals surface area contributed by atoms with Crippen LogP contribution in [0.2, 0.25) is 0 Å². The molecule has 2 aromatic rings. The van der Waals surface area contributed by atoms with Crippen LogP contribution < -0.4 is 5.32 Å². The number of para-hydroxylation sites is 1. The highest BCUT2D eigenvalue weighted by atomic mass is 16.6. The fourth-order valence-electron chi connectivity index (χ4n) is 2.71. The molecule has 1 atom stereocenters. The van der Waals surface area contributed by atoms with Crippen LogP contribution in [0.15, 0.2) is 35.1 Å². The summed E-state index contributed by atoms with van der Waals surface area (Å²) in [5.74, 6) is 0.590. The lowest BCUT2D eigenvalue weighted by atomic mass is 10.0. The summed E-state index contributed by atoms with van der Waals surface area (Å²) >= 11 is 0. The summed E-state index contributed by atoms with van der Waals surface area (Å²) in [4.78, 5) is 10.8. The Morgan fingerprint density at radius 1 is 1.45 bits per heavy atom. The van der Waals surface area contributed by atoms with Gasteiger partial charge in [0.1, 0.15) is 12.0 Å². The van der Waals surface area contributed by atoms with Crippen LogP contribution in [0.4, 0.5) is 5.69 Å². The van der Waals surface area contributed by atoms with Crippen molar-refractivity contribution in [2.75, 3.05) is 0 Å². The number of rotatable bonds is 7. The molecule has 116 valence electrons. The summed E-state index contributed by atoms with van der Waals surface area (Å²) in [6.45, 7) is 2.59. The van der Waals surface area contributed by atoms with Gasteiger partial charge in [-0.25, -0.2) is 0 Å². The van der Waals surface area contributed by atoms with Gasteiger partial charge in [0.2, 0.25) is 0 Å². The van der Waals surface area contributed by atoms with E-state index in [1.807, 2.05) is 19.1 Å². The van der Waals surface area contributed by atoms with Crippen LogP contribution in [0.1, 0.15) is 29.7 Å². The molecule has 1 heterocycles. The van der Waals surface area contributed by atoms with Gasteiger partial charge in [-0.05, 0) is 32.1 Å². The van der Waals surface area contributed by atoms with Crippen molar-refractivity contribution < 1.29 is 9.45 Å². The van der Waals surface area contributed by atoms with Crippen molar-refractivity contribution in [3.05, 3.63) is 57.5 Å². The molecule has 1 aromatic carbocycles. The number of aryl methyl sites for hydroxylation is 1. The van der Waals surface area contributed by atoms with Gasteiger partial charge < -0.3 is 9.84 Å². The van der Waals surface area contributed by atoms with Gasteiger partial charge in [-0.2, -0.15) is 0 Å². The first kappa shape index (κ1) is 14.7. The quantitative estimate of drug-likeness (QED) is 0.628. The van der Waals surface area contributed by atoms with Crippen molar-refractivity contribution in [2.45, 2.75) is 38.8 Å². The van der Waals surface area contributed by atoms with Gasteiger partial charge in [0.15, 0.2) is 0 Å². The summed E-state index contributed by atoms with van der Waals surface area (Å²) in [6, 6.07) is 7.21. The number of aromatic nitrogens is 1. The van der Waals surface area contributed by atoms with Gasteiger partial charge in [0, 0.05) is 29.8 Å². The lowest BCUT2D eigenvalue weighted by Crippen LogP contribution is -2.33. The molecule has 22 heavy (non-hydrogen) atoms. The molecule has 0 saturated heterocycles. The first-order valence-electron chi connectivity index (χ1n) is 7.50. The normalized spacial score (nSPS) is 15.7. The Balaban J connectivity index is 1.70. The second-order valence-corrected chi connectivity index (χ2v) is 5.86. The van der Waals surface area contributed by atoms with Gasteiger partial charge in [0.25, 0.3) is 5.69 Å². The topological polar surface area (TPSA) is 81.2 Å². The predicted octanol–water partition coefficient (Wildman–Crippen LogP) is 3.00. The van der Waals surface area contributed by atoms with Crippen molar-refractivity contribution in [1.29, 1.82) is 0 Å². The van der Waals surface area contributed by atoms with Crippen LogP contribution in [-0.4, -0.2) is 16.1 Å². The van der Waals surface area contributed by atoms with Gasteiger partial charge in [-0.1, -0.05) is 23.4 Å². The first-order chi connectivity index (χ1) is 10.6. The van der Waals surface area contributed by atoms with Gasteiger partial charge in [-0.3, -0.25) is 10.1 Å². The molecule has 3 rings (SSSR count). The maximum Gasteiger partial charge on any atom is 0.272 e. The number of hydrogen-bond acceptors (Lipinski definition) is 5. The van der Waals surface area contributed by atoms with E-state index in [2.05, 4.69) is 10.5 Å². The summed E-state index contributed by atoms with van der Waals surface area (Å²) in [6.07, 6.45) is 4.65. The Bertz CT molecular complexity index is 664. The van der Waals surface area contributed by atoms with E-state index in [1.54, 1.807) is 18.4 Å². The number of nitrogens with one attached hydrogen (secondary N) is 1. The molecule has 0 spiro atoms. The maximum absolute atomic E-state index is 11.1. The average Bonchev–Trinajstić information content (AvgIpc) is 3.27. The highest BCUT2D eigenvalue weighted by molar-refractivity contribution is 5.40. The van der Waals surface area contributed by atoms with E-state index in [9.17, 15) is 10.1 Å². The predicted molar refractivity (Wildman–Crippen MR) is 81.4 cm³/mol. The van der Waals surface area contributed by atoms with Crippen LogP contribution >= 0.6 is 0 Å². The minimum absolute atomic E-state index is 0.201. The van der Waals surface area contributed by atoms with E-state index in [1.165, 1.54) is 12.8 Å². The zero-order valence-corrected chi connectivity index (χ0v) is 12.5. The lowest BCUT2D eigenvalue weighted by Gasteiger charge is -2.18. The third-order valence-electron chi connectivity index (χ3n) is 4.20. The van der Waals surface area contributed by atoms with E-state index >= 15 is 0 Å². The van der Waals surface area contributed by atoms with E-state index in [4.69, 9.17) is 4.52 Å². The maximum atomic E-state index is 11.1. The molecular formula is C16H19N3O3. The Labute approximate surface area is 128 Å². The Kier molecular flexibility index (Phi) is 4.20. The van der Waals surface area contributed by atoms with Gasteiger partial charge in [0.05, 0.1) is 4.92 Å². The molecule has 1 N–H and O–H groups in total. The molecule has 1 fully saturated rings. The highest BCUT2D eigenvalue weighted by Crippen LogP contribution is 2.35. The number of nitro benzene ring substituents is 1. The van der Waals surface area contributed by atoms with Crippen LogP contribution in [-0.2, 0) is 13.0 Å². The van der Waals surface area contributed by atoms with Crippen LogP contribution in [0.5, 0.6) is 0 Å². The molecular weight excluding hydrogens is 282 g/mol. The average molecular weight is 301 g/mol. The monoisotopic (exact) mass is 301 g/mol. The summed E-state index contributed by atoms with van der Waals surface area (Å²) < 4.78 is 4.94. The first-order valence-corrected chi connectivity index (χ1v) is 7.50. The Morgan fingerprint density at radius 2 is 2.23 bits per heavy atom. The van der Waals surface area contributed by atoms with Gasteiger partial charge >= 0.3 is 0 Å². The van der Waals surface area contributed by atoms with E-state index < -0.39 is 0 Å². The molecule has 6 nitrogen and oxygen atoms in total. The number of benzene rings is 1. The van der Waals surface area contributed by atoms with Crippen LogP contribution in [0.3, 0.4) is 0 Å². The molecule has 0 radical (unpaired) electrons. The van der Waals surface area contributed by atoms with Crippen LogP contribution in [0, 0.1) is 23.0 Å². The van der Waals surface area contributed by atoms with Crippen molar-refractivity contribution in [2.24, 2.45) is 5.92 Å². The number of nitro groups is 1. The minimum Gasteiger partial charge on any atom is -0.364 e. The molecule has 1 aliphatic rings. The molecule has 1 unspecified atom stereocenters. The molecule has 0 bridgehead atoms. The molecule has 1 aliphatic carbocycles. The highest BCUT2D eigenvalue weighted by Gasteiger charge is 2.32. The van der Waals surface area contributed by atoms with E-state index in [0.29, 0.717) is 18.9 Å². The fourth-order valence-corrected chi connectivity index (χ4v) is 2.71. The summed E-state index contributed by atoms with van der Waals surface area (Å²) in [5.41, 5.74) is 2.90. The van der Waals surface area contributed by atoms with Crippen LogP contribution in [0.25, 0.3) is 0 Å². The summed E-state index contributed by atoms with van der Waals surface area (Å²) in [5, 5.41) is 18.6. The molecule has 1 saturated carbocycles.